The number of carbonyl (C=O) groups excluding carboxylic acids is 3. The molecule has 0 spiro atoms. The van der Waals surface area contributed by atoms with Crippen molar-refractivity contribution in [2.45, 2.75) is 19.0 Å². The molecule has 1 aliphatic rings. The Labute approximate surface area is 173 Å². The third kappa shape index (κ3) is 3.84. The van der Waals surface area contributed by atoms with Gasteiger partial charge in [-0.15, -0.1) is 0 Å². The Balaban J connectivity index is 1.38. The van der Waals surface area contributed by atoms with E-state index in [-0.39, 0.29) is 18.9 Å². The molecular weight excluding hydrogens is 384 g/mol. The number of nitrogens with one attached hydrogen (secondary N) is 2. The van der Waals surface area contributed by atoms with Crippen LogP contribution in [0.25, 0.3) is 10.9 Å². The molecule has 154 valence electrons. The van der Waals surface area contributed by atoms with Gasteiger partial charge in [0.15, 0.2) is 0 Å². The van der Waals surface area contributed by atoms with Gasteiger partial charge >= 0.3 is 6.03 Å². The van der Waals surface area contributed by atoms with Gasteiger partial charge in [0.1, 0.15) is 11.8 Å². The Hall–Kier alpha value is -3.81. The Bertz CT molecular complexity index is 1120. The first-order chi connectivity index (χ1) is 14.4. The SMILES string of the molecule is COc1ccc(CN2C(=O)N[C@@H](CC(=O)Nc3ccc4c(ccn4C)c3)C2=O)cc1. The van der Waals surface area contributed by atoms with Gasteiger partial charge in [-0.25, -0.2) is 4.79 Å². The van der Waals surface area contributed by atoms with Crippen LogP contribution >= 0.6 is 0 Å². The van der Waals surface area contributed by atoms with E-state index in [1.807, 2.05) is 42.1 Å². The third-order valence-electron chi connectivity index (χ3n) is 5.17. The fourth-order valence-corrected chi connectivity index (χ4v) is 3.54. The normalized spacial score (nSPS) is 16.1. The largest absolute Gasteiger partial charge is 0.497 e. The summed E-state index contributed by atoms with van der Waals surface area (Å²) in [5, 5.41) is 6.40. The topological polar surface area (TPSA) is 92.7 Å². The first kappa shape index (κ1) is 19.5. The van der Waals surface area contributed by atoms with Crippen LogP contribution in [0.3, 0.4) is 0 Å². The van der Waals surface area contributed by atoms with Crippen molar-refractivity contribution < 1.29 is 19.1 Å². The second-order valence-electron chi connectivity index (χ2n) is 7.23. The highest BCUT2D eigenvalue weighted by Gasteiger charge is 2.39. The second kappa shape index (κ2) is 7.90. The predicted octanol–water partition coefficient (Wildman–Crippen LogP) is 2.64. The van der Waals surface area contributed by atoms with Crippen LogP contribution in [0.15, 0.2) is 54.7 Å². The van der Waals surface area contributed by atoms with E-state index in [0.29, 0.717) is 11.4 Å². The summed E-state index contributed by atoms with van der Waals surface area (Å²) in [4.78, 5) is 38.5. The molecule has 0 radical (unpaired) electrons. The molecule has 4 amide bonds. The van der Waals surface area contributed by atoms with E-state index < -0.39 is 18.0 Å². The van der Waals surface area contributed by atoms with Crippen molar-refractivity contribution in [3.8, 4) is 5.75 Å². The van der Waals surface area contributed by atoms with Crippen molar-refractivity contribution in [3.63, 3.8) is 0 Å². The molecule has 0 bridgehead atoms. The molecule has 3 aromatic rings. The highest BCUT2D eigenvalue weighted by molar-refractivity contribution is 6.07. The number of fused-ring (bicyclic) bond motifs is 1. The van der Waals surface area contributed by atoms with E-state index in [9.17, 15) is 14.4 Å². The Morgan fingerprint density at radius 3 is 2.63 bits per heavy atom. The number of anilines is 1. The first-order valence-corrected chi connectivity index (χ1v) is 9.54. The molecule has 1 fully saturated rings. The van der Waals surface area contributed by atoms with Crippen LogP contribution in [0.4, 0.5) is 10.5 Å². The number of urea groups is 1. The van der Waals surface area contributed by atoms with Crippen LogP contribution in [-0.2, 0) is 23.2 Å². The minimum absolute atomic E-state index is 0.128. The van der Waals surface area contributed by atoms with Gasteiger partial charge in [-0.3, -0.25) is 14.5 Å². The van der Waals surface area contributed by atoms with Crippen LogP contribution in [0.2, 0.25) is 0 Å². The summed E-state index contributed by atoms with van der Waals surface area (Å²) in [6.07, 6.45) is 1.82. The standard InChI is InChI=1S/C22H22N4O4/c1-25-10-9-15-11-16(5-8-19(15)25)23-20(27)12-18-21(28)26(22(29)24-18)13-14-3-6-17(30-2)7-4-14/h3-11,18H,12-13H2,1-2H3,(H,23,27)(H,24,29)/t18-/m0/s1. The van der Waals surface area contributed by atoms with Gasteiger partial charge in [-0.2, -0.15) is 0 Å². The van der Waals surface area contributed by atoms with E-state index in [1.54, 1.807) is 31.4 Å². The molecule has 0 unspecified atom stereocenters. The number of aryl methyl sites for hydroxylation is 1. The van der Waals surface area contributed by atoms with Gasteiger partial charge in [0.2, 0.25) is 5.91 Å². The number of carbonyl (C=O) groups is 3. The summed E-state index contributed by atoms with van der Waals surface area (Å²) in [6.45, 7) is 0.136. The molecule has 8 nitrogen and oxygen atoms in total. The lowest BCUT2D eigenvalue weighted by atomic mass is 10.1. The minimum Gasteiger partial charge on any atom is -0.497 e. The van der Waals surface area contributed by atoms with Gasteiger partial charge < -0.3 is 19.9 Å². The number of amides is 4. The lowest BCUT2D eigenvalue weighted by Crippen LogP contribution is -2.34. The maximum Gasteiger partial charge on any atom is 0.325 e. The van der Waals surface area contributed by atoms with Gasteiger partial charge in [0.05, 0.1) is 20.1 Å². The van der Waals surface area contributed by atoms with E-state index in [2.05, 4.69) is 10.6 Å². The zero-order chi connectivity index (χ0) is 21.3. The maximum absolute atomic E-state index is 12.6. The van der Waals surface area contributed by atoms with Crippen molar-refractivity contribution in [2.24, 2.45) is 7.05 Å². The fraction of sp³-hybridized carbons (Fsp3) is 0.227. The lowest BCUT2D eigenvalue weighted by Gasteiger charge is -2.13. The van der Waals surface area contributed by atoms with Gasteiger partial charge in [-0.1, -0.05) is 12.1 Å². The summed E-state index contributed by atoms with van der Waals surface area (Å²) >= 11 is 0. The Kier molecular flexibility index (Phi) is 5.14. The molecule has 1 saturated heterocycles. The second-order valence-corrected chi connectivity index (χ2v) is 7.23. The molecule has 30 heavy (non-hydrogen) atoms. The molecule has 1 aromatic heterocycles. The quantitative estimate of drug-likeness (QED) is 0.616. The number of aromatic nitrogens is 1. The number of rotatable bonds is 6. The molecule has 8 heteroatoms. The molecule has 1 atom stereocenters. The number of hydrogen-bond acceptors (Lipinski definition) is 4. The number of hydrogen-bond donors (Lipinski definition) is 2. The minimum atomic E-state index is -0.879. The number of benzene rings is 2. The average molecular weight is 406 g/mol. The zero-order valence-corrected chi connectivity index (χ0v) is 16.7. The van der Waals surface area contributed by atoms with E-state index in [0.717, 1.165) is 21.4 Å². The molecule has 4 rings (SSSR count). The first-order valence-electron chi connectivity index (χ1n) is 9.54. The summed E-state index contributed by atoms with van der Waals surface area (Å²) in [7, 11) is 3.52. The fourth-order valence-electron chi connectivity index (χ4n) is 3.54. The van der Waals surface area contributed by atoms with Gasteiger partial charge in [-0.05, 0) is 42.0 Å². The molecule has 2 heterocycles. The maximum atomic E-state index is 12.6. The lowest BCUT2D eigenvalue weighted by molar-refractivity contribution is -0.130. The van der Waals surface area contributed by atoms with Gasteiger partial charge in [0.25, 0.3) is 5.91 Å². The van der Waals surface area contributed by atoms with Crippen molar-refractivity contribution >= 4 is 34.4 Å². The van der Waals surface area contributed by atoms with E-state index in [1.165, 1.54) is 0 Å². The zero-order valence-electron chi connectivity index (χ0n) is 16.7. The molecule has 0 saturated carbocycles. The molecule has 1 aliphatic heterocycles. The van der Waals surface area contributed by atoms with Crippen molar-refractivity contribution in [2.75, 3.05) is 12.4 Å². The Morgan fingerprint density at radius 1 is 1.13 bits per heavy atom. The number of nitrogens with zero attached hydrogens (tertiary/aromatic N) is 2. The van der Waals surface area contributed by atoms with Crippen LogP contribution in [-0.4, -0.2) is 40.5 Å². The molecule has 2 aromatic carbocycles. The van der Waals surface area contributed by atoms with Crippen LogP contribution in [0.5, 0.6) is 5.75 Å². The summed E-state index contributed by atoms with van der Waals surface area (Å²) in [5.74, 6) is -0.0566. The van der Waals surface area contributed by atoms with Gasteiger partial charge in [0, 0.05) is 29.8 Å². The summed E-state index contributed by atoms with van der Waals surface area (Å²) in [6, 6.07) is 13.3. The third-order valence-corrected chi connectivity index (χ3v) is 5.17. The molecule has 0 aliphatic carbocycles. The van der Waals surface area contributed by atoms with Crippen molar-refractivity contribution in [1.29, 1.82) is 0 Å². The van der Waals surface area contributed by atoms with Crippen molar-refractivity contribution in [1.82, 2.24) is 14.8 Å². The summed E-state index contributed by atoms with van der Waals surface area (Å²) < 4.78 is 7.10. The number of imide groups is 1. The van der Waals surface area contributed by atoms with E-state index in [4.69, 9.17) is 4.74 Å². The Morgan fingerprint density at radius 2 is 1.90 bits per heavy atom. The van der Waals surface area contributed by atoms with Crippen LogP contribution in [0.1, 0.15) is 12.0 Å². The highest BCUT2D eigenvalue weighted by Crippen LogP contribution is 2.21. The highest BCUT2D eigenvalue weighted by atomic mass is 16.5. The smallest absolute Gasteiger partial charge is 0.325 e. The predicted molar refractivity (Wildman–Crippen MR) is 112 cm³/mol. The number of ether oxygens (including phenoxy) is 1. The molecular formula is C22H22N4O4. The number of methoxy groups -OCH3 is 1. The van der Waals surface area contributed by atoms with Crippen LogP contribution < -0.4 is 15.4 Å². The monoisotopic (exact) mass is 406 g/mol. The summed E-state index contributed by atoms with van der Waals surface area (Å²) in [5.41, 5.74) is 2.49. The average Bonchev–Trinajstić information content (AvgIpc) is 3.22. The molecule has 2 N–H and O–H groups in total. The van der Waals surface area contributed by atoms with Crippen molar-refractivity contribution in [3.05, 3.63) is 60.3 Å². The van der Waals surface area contributed by atoms with Crippen LogP contribution in [0, 0.1) is 0 Å². The van der Waals surface area contributed by atoms with E-state index >= 15 is 0 Å².